The van der Waals surface area contributed by atoms with Crippen LogP contribution in [0.5, 0.6) is 0 Å². The molecule has 0 spiro atoms. The lowest BCUT2D eigenvalue weighted by Gasteiger charge is -1.99. The predicted molar refractivity (Wildman–Crippen MR) is 33.3 cm³/mol. The normalized spacial score (nSPS) is 15.3. The van der Waals surface area contributed by atoms with Crippen LogP contribution in [-0.2, 0) is 0 Å². The summed E-state index contributed by atoms with van der Waals surface area (Å²) in [5, 5.41) is 3.08. The number of rotatable bonds is 2. The molecule has 0 aromatic carbocycles. The highest BCUT2D eigenvalue weighted by atomic mass is 14.8. The summed E-state index contributed by atoms with van der Waals surface area (Å²) in [6.45, 7) is 4.13. The Morgan fingerprint density at radius 1 is 1.57 bits per heavy atom. The maximum Gasteiger partial charge on any atom is 0.0218 e. The van der Waals surface area contributed by atoms with Crippen molar-refractivity contribution >= 4 is 0 Å². The van der Waals surface area contributed by atoms with E-state index in [1.807, 2.05) is 20.0 Å². The van der Waals surface area contributed by atoms with E-state index < -0.39 is 0 Å². The minimum absolute atomic E-state index is 0.519. The molecule has 0 aliphatic heterocycles. The molecule has 1 N–H and O–H groups in total. The van der Waals surface area contributed by atoms with Crippen LogP contribution < -0.4 is 5.32 Å². The standard InChI is InChI=1S/C6H13N/c1-4-5-6(2)7-3/h4-7H,1-3H3. The maximum atomic E-state index is 3.08. The molecule has 0 fully saturated rings. The minimum atomic E-state index is 0.519. The summed E-state index contributed by atoms with van der Waals surface area (Å²) in [6, 6.07) is 0.519. The molecular formula is C6H13N. The van der Waals surface area contributed by atoms with Crippen LogP contribution in [0, 0.1) is 0 Å². The van der Waals surface area contributed by atoms with Crippen LogP contribution in [0.25, 0.3) is 0 Å². The first-order valence-corrected chi connectivity index (χ1v) is 2.61. The first kappa shape index (κ1) is 6.70. The SMILES string of the molecule is CC=CC(C)NC. The van der Waals surface area contributed by atoms with Gasteiger partial charge < -0.3 is 5.32 Å². The Morgan fingerprint density at radius 2 is 2.14 bits per heavy atom. The van der Waals surface area contributed by atoms with E-state index in [0.717, 1.165) is 0 Å². The van der Waals surface area contributed by atoms with Crippen LogP contribution in [0.3, 0.4) is 0 Å². The van der Waals surface area contributed by atoms with Gasteiger partial charge in [-0.1, -0.05) is 12.2 Å². The van der Waals surface area contributed by atoms with Crippen LogP contribution >= 0.6 is 0 Å². The summed E-state index contributed by atoms with van der Waals surface area (Å²) in [5.41, 5.74) is 0. The predicted octanol–water partition coefficient (Wildman–Crippen LogP) is 1.17. The molecule has 0 aromatic heterocycles. The number of allylic oxidation sites excluding steroid dienone is 1. The Morgan fingerprint density at radius 3 is 2.29 bits per heavy atom. The fourth-order valence-corrected chi connectivity index (χ4v) is 0.385. The molecule has 0 amide bonds. The van der Waals surface area contributed by atoms with Crippen molar-refractivity contribution in [2.75, 3.05) is 7.05 Å². The fraction of sp³-hybridized carbons (Fsp3) is 0.667. The lowest BCUT2D eigenvalue weighted by Crippen LogP contribution is -2.17. The number of likely N-dealkylation sites (N-methyl/N-ethyl adjacent to an activating group) is 1. The van der Waals surface area contributed by atoms with Crippen molar-refractivity contribution < 1.29 is 0 Å². The molecule has 0 aliphatic carbocycles. The highest BCUT2D eigenvalue weighted by Crippen LogP contribution is 1.79. The van der Waals surface area contributed by atoms with Gasteiger partial charge in [-0.2, -0.15) is 0 Å². The molecular weight excluding hydrogens is 86.1 g/mol. The second-order valence-corrected chi connectivity index (χ2v) is 1.60. The molecule has 0 saturated heterocycles. The van der Waals surface area contributed by atoms with Gasteiger partial charge in [-0.15, -0.1) is 0 Å². The second-order valence-electron chi connectivity index (χ2n) is 1.60. The molecule has 0 heterocycles. The average molecular weight is 99.2 g/mol. The molecule has 42 valence electrons. The Hall–Kier alpha value is -0.300. The number of hydrogen-bond acceptors (Lipinski definition) is 1. The molecule has 1 atom stereocenters. The Labute approximate surface area is 45.4 Å². The van der Waals surface area contributed by atoms with E-state index in [0.29, 0.717) is 6.04 Å². The summed E-state index contributed by atoms with van der Waals surface area (Å²) >= 11 is 0. The molecule has 0 aromatic rings. The van der Waals surface area contributed by atoms with E-state index >= 15 is 0 Å². The minimum Gasteiger partial charge on any atom is -0.314 e. The van der Waals surface area contributed by atoms with E-state index in [9.17, 15) is 0 Å². The highest BCUT2D eigenvalue weighted by molar-refractivity contribution is 4.86. The number of hydrogen-bond donors (Lipinski definition) is 1. The molecule has 0 radical (unpaired) electrons. The largest absolute Gasteiger partial charge is 0.314 e. The Bertz CT molecular complexity index is 57.2. The van der Waals surface area contributed by atoms with E-state index in [1.165, 1.54) is 0 Å². The zero-order valence-corrected chi connectivity index (χ0v) is 5.23. The summed E-state index contributed by atoms with van der Waals surface area (Å²) in [6.07, 6.45) is 4.15. The van der Waals surface area contributed by atoms with Gasteiger partial charge in [-0.3, -0.25) is 0 Å². The van der Waals surface area contributed by atoms with Gasteiger partial charge in [0.2, 0.25) is 0 Å². The Kier molecular flexibility index (Phi) is 3.71. The van der Waals surface area contributed by atoms with Gasteiger partial charge in [0, 0.05) is 6.04 Å². The molecule has 1 unspecified atom stereocenters. The van der Waals surface area contributed by atoms with Crippen LogP contribution in [0.15, 0.2) is 12.2 Å². The van der Waals surface area contributed by atoms with Crippen molar-refractivity contribution in [3.63, 3.8) is 0 Å². The number of nitrogens with one attached hydrogen (secondary N) is 1. The van der Waals surface area contributed by atoms with Crippen LogP contribution in [0.2, 0.25) is 0 Å². The molecule has 0 rings (SSSR count). The van der Waals surface area contributed by atoms with E-state index in [-0.39, 0.29) is 0 Å². The first-order chi connectivity index (χ1) is 3.31. The monoisotopic (exact) mass is 99.1 g/mol. The lowest BCUT2D eigenvalue weighted by molar-refractivity contribution is 0.728. The first-order valence-electron chi connectivity index (χ1n) is 2.61. The van der Waals surface area contributed by atoms with Gasteiger partial charge in [-0.05, 0) is 20.9 Å². The van der Waals surface area contributed by atoms with Gasteiger partial charge >= 0.3 is 0 Å². The van der Waals surface area contributed by atoms with Crippen molar-refractivity contribution in [3.05, 3.63) is 12.2 Å². The van der Waals surface area contributed by atoms with E-state index in [2.05, 4.69) is 18.3 Å². The average Bonchev–Trinajstić information content (AvgIpc) is 1.68. The topological polar surface area (TPSA) is 12.0 Å². The summed E-state index contributed by atoms with van der Waals surface area (Å²) in [5.74, 6) is 0. The van der Waals surface area contributed by atoms with E-state index in [4.69, 9.17) is 0 Å². The van der Waals surface area contributed by atoms with Crippen molar-refractivity contribution in [3.8, 4) is 0 Å². The third kappa shape index (κ3) is 3.53. The molecule has 0 saturated carbocycles. The van der Waals surface area contributed by atoms with Crippen molar-refractivity contribution in [1.29, 1.82) is 0 Å². The maximum absolute atomic E-state index is 3.08. The zero-order valence-electron chi connectivity index (χ0n) is 5.23. The second kappa shape index (κ2) is 3.88. The van der Waals surface area contributed by atoms with E-state index in [1.54, 1.807) is 0 Å². The van der Waals surface area contributed by atoms with Crippen molar-refractivity contribution in [2.24, 2.45) is 0 Å². The highest BCUT2D eigenvalue weighted by Gasteiger charge is 1.83. The summed E-state index contributed by atoms with van der Waals surface area (Å²) in [7, 11) is 1.95. The smallest absolute Gasteiger partial charge is 0.0218 e. The third-order valence-corrected chi connectivity index (χ3v) is 0.936. The summed E-state index contributed by atoms with van der Waals surface area (Å²) in [4.78, 5) is 0. The van der Waals surface area contributed by atoms with Crippen molar-refractivity contribution in [1.82, 2.24) is 5.32 Å². The zero-order chi connectivity index (χ0) is 5.70. The molecule has 1 heteroatoms. The molecule has 7 heavy (non-hydrogen) atoms. The molecule has 0 aliphatic rings. The summed E-state index contributed by atoms with van der Waals surface area (Å²) < 4.78 is 0. The van der Waals surface area contributed by atoms with Crippen molar-refractivity contribution in [2.45, 2.75) is 19.9 Å². The fourth-order valence-electron chi connectivity index (χ4n) is 0.385. The Balaban J connectivity index is 3.16. The molecule has 0 bridgehead atoms. The molecule has 1 nitrogen and oxygen atoms in total. The van der Waals surface area contributed by atoms with Gasteiger partial charge in [0.15, 0.2) is 0 Å². The van der Waals surface area contributed by atoms with Gasteiger partial charge in [-0.25, -0.2) is 0 Å². The van der Waals surface area contributed by atoms with Crippen LogP contribution in [0.1, 0.15) is 13.8 Å². The van der Waals surface area contributed by atoms with Gasteiger partial charge in [0.25, 0.3) is 0 Å². The van der Waals surface area contributed by atoms with Gasteiger partial charge in [0.05, 0.1) is 0 Å². The van der Waals surface area contributed by atoms with Crippen LogP contribution in [0.4, 0.5) is 0 Å². The lowest BCUT2D eigenvalue weighted by atomic mass is 10.3. The quantitative estimate of drug-likeness (QED) is 0.512. The van der Waals surface area contributed by atoms with Crippen LogP contribution in [-0.4, -0.2) is 13.1 Å². The third-order valence-electron chi connectivity index (χ3n) is 0.936. The van der Waals surface area contributed by atoms with Gasteiger partial charge in [0.1, 0.15) is 0 Å².